The highest BCUT2D eigenvalue weighted by molar-refractivity contribution is 14.0. The molecule has 0 aliphatic rings. The lowest BCUT2D eigenvalue weighted by molar-refractivity contribution is -0.132. The summed E-state index contributed by atoms with van der Waals surface area (Å²) in [7, 11) is 0. The molecule has 0 bridgehead atoms. The number of hydrogen-bond acceptors (Lipinski definition) is 3. The molecule has 0 radical (unpaired) electrons. The second kappa shape index (κ2) is 10.7. The van der Waals surface area contributed by atoms with Crippen LogP contribution in [0.3, 0.4) is 0 Å². The monoisotopic (exact) mass is 448 g/mol. The van der Waals surface area contributed by atoms with Crippen molar-refractivity contribution in [2.24, 2.45) is 4.99 Å². The Hall–Kier alpha value is -1.00. The fraction of sp³-hybridized carbons (Fsp3) is 0.714. The van der Waals surface area contributed by atoms with Crippen LogP contribution in [0.25, 0.3) is 0 Å². The van der Waals surface area contributed by atoms with E-state index in [4.69, 9.17) is 4.52 Å². The first-order chi connectivity index (χ1) is 10.4. The summed E-state index contributed by atoms with van der Waals surface area (Å²) < 4.78 is 41.8. The van der Waals surface area contributed by atoms with Crippen LogP contribution < -0.4 is 10.6 Å². The number of aryl methyl sites for hydroxylation is 2. The van der Waals surface area contributed by atoms with Crippen molar-refractivity contribution in [3.05, 3.63) is 17.0 Å². The SMILES string of the molecule is CCNC(=NCc1c(CC)noc1CC)NCCC(F)(F)F.I. The van der Waals surface area contributed by atoms with Gasteiger partial charge in [0.15, 0.2) is 5.96 Å². The third kappa shape index (κ3) is 7.89. The van der Waals surface area contributed by atoms with Crippen molar-refractivity contribution in [3.63, 3.8) is 0 Å². The molecule has 0 aromatic carbocycles. The number of nitrogens with one attached hydrogen (secondary N) is 2. The van der Waals surface area contributed by atoms with E-state index in [1.165, 1.54) is 0 Å². The van der Waals surface area contributed by atoms with Gasteiger partial charge in [-0.1, -0.05) is 19.0 Å². The lowest BCUT2D eigenvalue weighted by atomic mass is 10.1. The van der Waals surface area contributed by atoms with Gasteiger partial charge in [0.1, 0.15) is 5.76 Å². The number of aromatic nitrogens is 1. The maximum atomic E-state index is 12.2. The molecule has 0 atom stereocenters. The zero-order valence-electron chi connectivity index (χ0n) is 13.6. The number of rotatable bonds is 7. The van der Waals surface area contributed by atoms with Gasteiger partial charge in [-0.2, -0.15) is 13.2 Å². The highest BCUT2D eigenvalue weighted by atomic mass is 127. The van der Waals surface area contributed by atoms with E-state index in [0.29, 0.717) is 25.5 Å². The maximum Gasteiger partial charge on any atom is 0.390 e. The predicted octanol–water partition coefficient (Wildman–Crippen LogP) is 3.42. The molecule has 134 valence electrons. The minimum Gasteiger partial charge on any atom is -0.361 e. The van der Waals surface area contributed by atoms with Crippen LogP contribution in [0, 0.1) is 0 Å². The molecule has 1 heterocycles. The van der Waals surface area contributed by atoms with Crippen molar-refractivity contribution in [3.8, 4) is 0 Å². The number of guanidine groups is 1. The van der Waals surface area contributed by atoms with Gasteiger partial charge in [0.05, 0.1) is 18.7 Å². The van der Waals surface area contributed by atoms with Crippen molar-refractivity contribution >= 4 is 29.9 Å². The zero-order chi connectivity index (χ0) is 16.6. The van der Waals surface area contributed by atoms with Crippen LogP contribution in [0.15, 0.2) is 9.52 Å². The Morgan fingerprint density at radius 2 is 1.87 bits per heavy atom. The van der Waals surface area contributed by atoms with Gasteiger partial charge in [0.2, 0.25) is 0 Å². The molecule has 0 amide bonds. The fourth-order valence-corrected chi connectivity index (χ4v) is 1.94. The summed E-state index contributed by atoms with van der Waals surface area (Å²) in [4.78, 5) is 4.32. The van der Waals surface area contributed by atoms with Gasteiger partial charge in [-0.05, 0) is 13.3 Å². The zero-order valence-corrected chi connectivity index (χ0v) is 15.9. The Morgan fingerprint density at radius 1 is 1.17 bits per heavy atom. The molecule has 0 aliphatic heterocycles. The molecular formula is C14H24F3IN4O. The van der Waals surface area contributed by atoms with Crippen molar-refractivity contribution in [1.82, 2.24) is 15.8 Å². The van der Waals surface area contributed by atoms with E-state index in [1.807, 2.05) is 20.8 Å². The third-order valence-corrected chi connectivity index (χ3v) is 3.05. The van der Waals surface area contributed by atoms with Crippen molar-refractivity contribution in [1.29, 1.82) is 0 Å². The van der Waals surface area contributed by atoms with Gasteiger partial charge in [0.25, 0.3) is 0 Å². The average Bonchev–Trinajstić information content (AvgIpc) is 2.85. The van der Waals surface area contributed by atoms with Crippen LogP contribution in [0.1, 0.15) is 44.2 Å². The Labute approximate surface area is 151 Å². The Morgan fingerprint density at radius 3 is 2.39 bits per heavy atom. The van der Waals surface area contributed by atoms with Crippen LogP contribution in [-0.2, 0) is 19.4 Å². The summed E-state index contributed by atoms with van der Waals surface area (Å²) in [6.07, 6.45) is -3.64. The van der Waals surface area contributed by atoms with Crippen LogP contribution in [-0.4, -0.2) is 30.4 Å². The first-order valence-corrected chi connectivity index (χ1v) is 7.46. The maximum absolute atomic E-state index is 12.2. The second-order valence-corrected chi connectivity index (χ2v) is 4.73. The van der Waals surface area contributed by atoms with Gasteiger partial charge >= 0.3 is 6.18 Å². The van der Waals surface area contributed by atoms with E-state index < -0.39 is 12.6 Å². The lowest BCUT2D eigenvalue weighted by Gasteiger charge is -2.12. The number of hydrogen-bond donors (Lipinski definition) is 2. The number of nitrogens with zero attached hydrogens (tertiary/aromatic N) is 2. The quantitative estimate of drug-likeness (QED) is 0.381. The molecule has 0 spiro atoms. The van der Waals surface area contributed by atoms with E-state index in [0.717, 1.165) is 23.4 Å². The molecule has 0 fully saturated rings. The van der Waals surface area contributed by atoms with Gasteiger partial charge in [-0.3, -0.25) is 0 Å². The molecule has 5 nitrogen and oxygen atoms in total. The molecule has 0 saturated heterocycles. The first-order valence-electron chi connectivity index (χ1n) is 7.46. The molecule has 9 heteroatoms. The van der Waals surface area contributed by atoms with E-state index in [2.05, 4.69) is 20.8 Å². The number of halogens is 4. The Balaban J connectivity index is 0.00000484. The third-order valence-electron chi connectivity index (χ3n) is 3.05. The molecule has 1 aromatic heterocycles. The smallest absolute Gasteiger partial charge is 0.361 e. The van der Waals surface area contributed by atoms with Crippen LogP contribution >= 0.6 is 24.0 Å². The highest BCUT2D eigenvalue weighted by Crippen LogP contribution is 2.18. The predicted molar refractivity (Wildman–Crippen MR) is 94.2 cm³/mol. The average molecular weight is 448 g/mol. The molecule has 23 heavy (non-hydrogen) atoms. The summed E-state index contributed by atoms with van der Waals surface area (Å²) in [5.41, 5.74) is 1.75. The van der Waals surface area contributed by atoms with E-state index in [-0.39, 0.29) is 30.5 Å². The van der Waals surface area contributed by atoms with Gasteiger partial charge in [-0.15, -0.1) is 24.0 Å². The minimum absolute atomic E-state index is 0. The number of aliphatic imine (C=N–C) groups is 1. The molecule has 0 aliphatic carbocycles. The largest absolute Gasteiger partial charge is 0.390 e. The molecule has 1 aromatic rings. The molecular weight excluding hydrogens is 424 g/mol. The van der Waals surface area contributed by atoms with Crippen LogP contribution in [0.2, 0.25) is 0 Å². The molecule has 2 N–H and O–H groups in total. The van der Waals surface area contributed by atoms with E-state index in [9.17, 15) is 13.2 Å². The summed E-state index contributed by atoms with van der Waals surface area (Å²) >= 11 is 0. The lowest BCUT2D eigenvalue weighted by Crippen LogP contribution is -2.38. The molecule has 0 unspecified atom stereocenters. The normalized spacial score (nSPS) is 12.0. The first kappa shape index (κ1) is 22.0. The van der Waals surface area contributed by atoms with Crippen LogP contribution in [0.4, 0.5) is 13.2 Å². The van der Waals surface area contributed by atoms with E-state index in [1.54, 1.807) is 0 Å². The van der Waals surface area contributed by atoms with E-state index >= 15 is 0 Å². The van der Waals surface area contributed by atoms with Crippen LogP contribution in [0.5, 0.6) is 0 Å². The Bertz CT molecular complexity index is 467. The molecule has 0 saturated carbocycles. The standard InChI is InChI=1S/C14H23F3N4O.HI/c1-4-11-10(12(5-2)22-21-11)9-20-13(18-6-3)19-8-7-14(15,16)17;/h4-9H2,1-3H3,(H2,18,19,20);1H. The Kier molecular flexibility index (Phi) is 10.2. The van der Waals surface area contributed by atoms with Crippen molar-refractivity contribution in [2.75, 3.05) is 13.1 Å². The van der Waals surface area contributed by atoms with Gasteiger partial charge in [0, 0.05) is 25.1 Å². The summed E-state index contributed by atoms with van der Waals surface area (Å²) in [5.74, 6) is 1.13. The second-order valence-electron chi connectivity index (χ2n) is 4.73. The summed E-state index contributed by atoms with van der Waals surface area (Å²) in [6.45, 7) is 6.48. The highest BCUT2D eigenvalue weighted by Gasteiger charge is 2.26. The topological polar surface area (TPSA) is 62.5 Å². The van der Waals surface area contributed by atoms with Gasteiger partial charge < -0.3 is 15.2 Å². The van der Waals surface area contributed by atoms with Gasteiger partial charge in [-0.25, -0.2) is 4.99 Å². The van der Waals surface area contributed by atoms with Crippen molar-refractivity contribution < 1.29 is 17.7 Å². The van der Waals surface area contributed by atoms with Crippen molar-refractivity contribution in [2.45, 2.75) is 52.8 Å². The molecule has 1 rings (SSSR count). The summed E-state index contributed by atoms with van der Waals surface area (Å²) in [5, 5.41) is 9.60. The summed E-state index contributed by atoms with van der Waals surface area (Å²) in [6, 6.07) is 0. The minimum atomic E-state index is -4.18. The number of alkyl halides is 3. The fourth-order valence-electron chi connectivity index (χ4n) is 1.94.